The van der Waals surface area contributed by atoms with Gasteiger partial charge in [0, 0.05) is 85.1 Å². The molecule has 378 valence electrons. The Balaban J connectivity index is 6.30. The van der Waals surface area contributed by atoms with Crippen LogP contribution < -0.4 is 0 Å². The lowest BCUT2D eigenvalue weighted by molar-refractivity contribution is 0.163. The molecule has 0 aromatic rings. The first-order valence-electron chi connectivity index (χ1n) is 18.0. The second-order valence-corrected chi connectivity index (χ2v) is 27.8. The first-order chi connectivity index (χ1) is 28.0. The topological polar surface area (TPSA) is 483 Å². The van der Waals surface area contributed by atoms with Crippen molar-refractivity contribution in [1.29, 1.82) is 0 Å². The van der Waals surface area contributed by atoms with E-state index in [4.69, 9.17) is 0 Å². The lowest BCUT2D eigenvalue weighted by Gasteiger charge is -2.33. The van der Waals surface area contributed by atoms with E-state index in [9.17, 15) is 115 Å². The SMILES string of the molecule is C=C(C)CN(CCN(CCN(CCN(CCN(CCN(CCN(CP(=O)(O)O)CP(=O)(O)O)CP(=O)(O)O)CP(=O)(O)O)CP(=O)(O)O)CP(=O)(O)O)CP(=O)(O)O)CP(=O)(O)O. The van der Waals surface area contributed by atoms with Crippen molar-refractivity contribution in [2.75, 3.05) is 135 Å². The molecule has 31 nitrogen and oxygen atoms in total. The predicted octanol–water partition coefficient (Wildman–Crippen LogP) is -3.24. The van der Waals surface area contributed by atoms with E-state index in [-0.39, 0.29) is 45.8 Å². The molecule has 16 N–H and O–H groups in total. The zero-order valence-electron chi connectivity index (χ0n) is 34.2. The molecule has 0 saturated heterocycles. The molecule has 0 saturated carbocycles. The average Bonchev–Trinajstić information content (AvgIpc) is 2.98. The summed E-state index contributed by atoms with van der Waals surface area (Å²) in [4.78, 5) is 161. The maximum Gasteiger partial charge on any atom is 0.339 e. The molecule has 0 atom stereocenters. The number of nitrogens with zero attached hydrogens (tertiary/aromatic N) is 7. The number of rotatable bonds is 36. The standard InChI is InChI=1S/C24H63N7O24P8/c1-24(2)15-30(21-61(47,48)49)13-11-28(19-59(41,42)43)9-7-26(17-57(35,36)37)5-3-25(16-56(32,33)34)4-6-27(18-58(38,39)40)8-10-29(20-60(44,45)46)12-14-31(22-62(50,51)52)23-63(53,54)55/h1,3-23H2,2H3,(H2,32,33,34)(H2,35,36,37)(H2,38,39,40)(H2,41,42,43)(H2,44,45,46)(H2,47,48,49)(H2,50,51,52)(H2,53,54,55). The maximum atomic E-state index is 12.1. The fraction of sp³-hybridized carbons (Fsp3) is 0.917. The van der Waals surface area contributed by atoms with Gasteiger partial charge < -0.3 is 78.3 Å². The molecule has 0 spiro atoms. The van der Waals surface area contributed by atoms with E-state index >= 15 is 0 Å². The minimum absolute atomic E-state index is 0.00815. The van der Waals surface area contributed by atoms with Gasteiger partial charge >= 0.3 is 60.8 Å². The smallest absolute Gasteiger partial charge is 0.324 e. The summed E-state index contributed by atoms with van der Waals surface area (Å²) in [6, 6.07) is 0. The van der Waals surface area contributed by atoms with Gasteiger partial charge in [-0.2, -0.15) is 0 Å². The number of hydrogen-bond acceptors (Lipinski definition) is 15. The first-order valence-corrected chi connectivity index (χ1v) is 32.4. The fourth-order valence-corrected chi connectivity index (χ4v) is 12.3. The minimum atomic E-state index is -4.92. The third-order valence-electron chi connectivity index (χ3n) is 7.96. The van der Waals surface area contributed by atoms with Crippen molar-refractivity contribution in [2.45, 2.75) is 6.92 Å². The average molecular weight is 1080 g/mol. The van der Waals surface area contributed by atoms with Crippen LogP contribution in [0.3, 0.4) is 0 Å². The first kappa shape index (κ1) is 63.7. The molecule has 0 aliphatic heterocycles. The van der Waals surface area contributed by atoms with E-state index in [1.54, 1.807) is 6.92 Å². The zero-order chi connectivity index (χ0) is 49.5. The highest BCUT2D eigenvalue weighted by Crippen LogP contribution is 2.42. The largest absolute Gasteiger partial charge is 0.339 e. The van der Waals surface area contributed by atoms with Crippen LogP contribution in [0.5, 0.6) is 0 Å². The van der Waals surface area contributed by atoms with Crippen molar-refractivity contribution in [3.63, 3.8) is 0 Å². The second kappa shape index (κ2) is 27.2. The van der Waals surface area contributed by atoms with Crippen molar-refractivity contribution in [3.8, 4) is 0 Å². The van der Waals surface area contributed by atoms with Gasteiger partial charge in [-0.3, -0.25) is 70.8 Å². The van der Waals surface area contributed by atoms with Gasteiger partial charge in [0.1, 0.15) is 50.3 Å². The van der Waals surface area contributed by atoms with Gasteiger partial charge in [-0.1, -0.05) is 12.2 Å². The summed E-state index contributed by atoms with van der Waals surface area (Å²) < 4.78 is 94.9. The summed E-state index contributed by atoms with van der Waals surface area (Å²) in [7, 11) is -38.8. The summed E-state index contributed by atoms with van der Waals surface area (Å²) in [5.74, 6) is 0. The summed E-state index contributed by atoms with van der Waals surface area (Å²) in [5.41, 5.74) is 0.507. The molecular formula is C24H63N7O24P8. The van der Waals surface area contributed by atoms with Crippen LogP contribution in [0.1, 0.15) is 6.92 Å². The molecule has 0 unspecified atom stereocenters. The Labute approximate surface area is 363 Å². The molecule has 39 heteroatoms. The summed E-state index contributed by atoms with van der Waals surface area (Å²) in [6.07, 6.45) is -7.88. The van der Waals surface area contributed by atoms with E-state index in [0.29, 0.717) is 10.5 Å². The molecular weight excluding hydrogens is 1020 g/mol. The highest BCUT2D eigenvalue weighted by atomic mass is 31.2. The molecule has 0 aromatic carbocycles. The minimum Gasteiger partial charge on any atom is -0.324 e. The molecule has 0 radical (unpaired) electrons. The van der Waals surface area contributed by atoms with Gasteiger partial charge in [0.15, 0.2) is 0 Å². The van der Waals surface area contributed by atoms with Gasteiger partial charge in [0.25, 0.3) is 0 Å². The number of hydrogen-bond donors (Lipinski definition) is 16. The Bertz CT molecular complexity index is 1780. The normalized spacial score (nSPS) is 14.5. The van der Waals surface area contributed by atoms with Crippen molar-refractivity contribution >= 4 is 60.8 Å². The fourth-order valence-electron chi connectivity index (χ4n) is 5.82. The zero-order valence-corrected chi connectivity index (χ0v) is 41.3. The van der Waals surface area contributed by atoms with E-state index in [2.05, 4.69) is 6.58 Å². The van der Waals surface area contributed by atoms with E-state index in [1.807, 2.05) is 0 Å². The molecule has 0 aliphatic rings. The van der Waals surface area contributed by atoms with Gasteiger partial charge in [-0.05, 0) is 6.92 Å². The molecule has 0 amide bonds. The molecule has 63 heavy (non-hydrogen) atoms. The van der Waals surface area contributed by atoms with Gasteiger partial charge in [-0.15, -0.1) is 0 Å². The molecule has 0 rings (SSSR count). The molecule has 0 aromatic heterocycles. The summed E-state index contributed by atoms with van der Waals surface area (Å²) in [5, 5.41) is 0. The highest BCUT2D eigenvalue weighted by molar-refractivity contribution is 7.53. The molecule has 0 aliphatic carbocycles. The van der Waals surface area contributed by atoms with Crippen LogP contribution in [0.4, 0.5) is 0 Å². The van der Waals surface area contributed by atoms with Crippen LogP contribution in [-0.2, 0) is 36.5 Å². The molecule has 0 heterocycles. The van der Waals surface area contributed by atoms with Crippen molar-refractivity contribution in [2.24, 2.45) is 0 Å². The van der Waals surface area contributed by atoms with Gasteiger partial charge in [0.2, 0.25) is 0 Å². The van der Waals surface area contributed by atoms with Crippen LogP contribution in [0.15, 0.2) is 12.2 Å². The van der Waals surface area contributed by atoms with Crippen molar-refractivity contribution < 1.29 is 115 Å². The van der Waals surface area contributed by atoms with Gasteiger partial charge in [0.05, 0.1) is 0 Å². The summed E-state index contributed by atoms with van der Waals surface area (Å²) in [6.45, 7) is 0.819. The second-order valence-electron chi connectivity index (χ2n) is 14.9. The van der Waals surface area contributed by atoms with Gasteiger partial charge in [-0.25, -0.2) is 0 Å². The van der Waals surface area contributed by atoms with Crippen LogP contribution in [-0.4, -0.2) is 248 Å². The third kappa shape index (κ3) is 41.4. The Morgan fingerprint density at radius 3 is 0.571 bits per heavy atom. The Morgan fingerprint density at radius 1 is 0.286 bits per heavy atom. The quantitative estimate of drug-likeness (QED) is 0.0216. The van der Waals surface area contributed by atoms with Crippen LogP contribution >= 0.6 is 60.8 Å². The van der Waals surface area contributed by atoms with Crippen LogP contribution in [0.2, 0.25) is 0 Å². The van der Waals surface area contributed by atoms with Crippen LogP contribution in [0.25, 0.3) is 0 Å². The highest BCUT2D eigenvalue weighted by Gasteiger charge is 2.30. The molecule has 0 bridgehead atoms. The lowest BCUT2D eigenvalue weighted by Crippen LogP contribution is -2.45. The molecule has 0 fully saturated rings. The van der Waals surface area contributed by atoms with E-state index in [0.717, 1.165) is 19.6 Å². The Morgan fingerprint density at radius 2 is 0.413 bits per heavy atom. The monoisotopic (exact) mass is 1080 g/mol. The maximum absolute atomic E-state index is 12.1. The van der Waals surface area contributed by atoms with Crippen molar-refractivity contribution in [3.05, 3.63) is 12.2 Å². The van der Waals surface area contributed by atoms with E-state index in [1.165, 1.54) is 9.80 Å². The Kier molecular flexibility index (Phi) is 27.4. The van der Waals surface area contributed by atoms with E-state index < -0.39 is 150 Å². The lowest BCUT2D eigenvalue weighted by atomic mass is 10.3. The Hall–Kier alpha value is 0.660. The predicted molar refractivity (Wildman–Crippen MR) is 226 cm³/mol. The van der Waals surface area contributed by atoms with Crippen molar-refractivity contribution in [1.82, 2.24) is 34.3 Å². The third-order valence-corrected chi connectivity index (χ3v) is 14.1. The summed E-state index contributed by atoms with van der Waals surface area (Å²) >= 11 is 0. The van der Waals surface area contributed by atoms with Crippen LogP contribution in [0, 0.1) is 0 Å².